The third-order valence-electron chi connectivity index (χ3n) is 1.36. The van der Waals surface area contributed by atoms with E-state index in [2.05, 4.69) is 18.9 Å². The minimum absolute atomic E-state index is 0.332. The molecule has 14 heavy (non-hydrogen) atoms. The maximum atomic E-state index is 11.1. The molecule has 6 heteroatoms. The molecule has 0 aromatic rings. The van der Waals surface area contributed by atoms with Gasteiger partial charge >= 0.3 is 11.9 Å². The molecule has 0 aromatic carbocycles. The van der Waals surface area contributed by atoms with Crippen molar-refractivity contribution in [3.8, 4) is 0 Å². The maximum absolute atomic E-state index is 11.1. The van der Waals surface area contributed by atoms with Gasteiger partial charge in [0.05, 0.1) is 28.4 Å². The van der Waals surface area contributed by atoms with Crippen LogP contribution in [0.15, 0.2) is 11.5 Å². The topological polar surface area (TPSA) is 71.1 Å². The van der Waals surface area contributed by atoms with E-state index in [1.165, 1.54) is 14.2 Å². The highest BCUT2D eigenvalue weighted by Gasteiger charge is 2.24. The van der Waals surface area contributed by atoms with Crippen LogP contribution in [0.1, 0.15) is 0 Å². The van der Waals surface area contributed by atoms with Crippen molar-refractivity contribution in [2.75, 3.05) is 28.4 Å². The lowest BCUT2D eigenvalue weighted by Gasteiger charge is -2.08. The van der Waals surface area contributed by atoms with E-state index in [-0.39, 0.29) is 11.5 Å². The highest BCUT2D eigenvalue weighted by molar-refractivity contribution is 5.97. The third-order valence-corrected chi connectivity index (χ3v) is 1.36. The van der Waals surface area contributed by atoms with Gasteiger partial charge in [-0.2, -0.15) is 0 Å². The molecule has 0 N–H and O–H groups in total. The minimum atomic E-state index is -0.810. The van der Waals surface area contributed by atoms with Gasteiger partial charge in [-0.25, -0.2) is 9.59 Å². The van der Waals surface area contributed by atoms with Gasteiger partial charge in [-0.05, 0) is 0 Å². The molecule has 0 aliphatic carbocycles. The highest BCUT2D eigenvalue weighted by atomic mass is 16.6. The molecule has 0 atom stereocenters. The summed E-state index contributed by atoms with van der Waals surface area (Å²) in [5.41, 5.74) is 0. The summed E-state index contributed by atoms with van der Waals surface area (Å²) in [6, 6.07) is 0. The second-order valence-corrected chi connectivity index (χ2v) is 2.05. The van der Waals surface area contributed by atoms with E-state index >= 15 is 0 Å². The lowest BCUT2D eigenvalue weighted by atomic mass is 10.4. The van der Waals surface area contributed by atoms with Crippen molar-refractivity contribution in [2.24, 2.45) is 0 Å². The monoisotopic (exact) mass is 204 g/mol. The summed E-state index contributed by atoms with van der Waals surface area (Å²) in [6.07, 6.45) is 0. The minimum Gasteiger partial charge on any atom is -0.487 e. The summed E-state index contributed by atoms with van der Waals surface area (Å²) in [5, 5.41) is 0. The Bertz CT molecular complexity index is 229. The Morgan fingerprint density at radius 2 is 0.929 bits per heavy atom. The van der Waals surface area contributed by atoms with Crippen LogP contribution in [0.3, 0.4) is 0 Å². The molecule has 0 bridgehead atoms. The Kier molecular flexibility index (Phi) is 5.13. The van der Waals surface area contributed by atoms with Crippen molar-refractivity contribution >= 4 is 11.9 Å². The van der Waals surface area contributed by atoms with E-state index in [1.54, 1.807) is 0 Å². The van der Waals surface area contributed by atoms with Gasteiger partial charge in [0.25, 0.3) is 11.5 Å². The standard InChI is InChI=1S/C8H12O6/c1-11-5(7(9)13-3)6(12-2)8(10)14-4/h1-4H3/b6-5-. The fourth-order valence-electron chi connectivity index (χ4n) is 0.723. The Balaban J connectivity index is 5.11. The number of ether oxygens (including phenoxy) is 4. The van der Waals surface area contributed by atoms with Gasteiger partial charge in [-0.1, -0.05) is 0 Å². The van der Waals surface area contributed by atoms with E-state index in [1.807, 2.05) is 0 Å². The molecular formula is C8H12O6. The fraction of sp³-hybridized carbons (Fsp3) is 0.500. The number of hydrogen-bond acceptors (Lipinski definition) is 6. The summed E-state index contributed by atoms with van der Waals surface area (Å²) in [4.78, 5) is 22.1. The summed E-state index contributed by atoms with van der Waals surface area (Å²) in [6.45, 7) is 0. The predicted molar refractivity (Wildman–Crippen MR) is 45.1 cm³/mol. The predicted octanol–water partition coefficient (Wildman–Crippen LogP) is -0.163. The highest BCUT2D eigenvalue weighted by Crippen LogP contribution is 2.09. The molecule has 0 saturated heterocycles. The Morgan fingerprint density at radius 1 is 0.643 bits per heavy atom. The van der Waals surface area contributed by atoms with Crippen molar-refractivity contribution in [2.45, 2.75) is 0 Å². The Labute approximate surface area is 81.4 Å². The lowest BCUT2D eigenvalue weighted by Crippen LogP contribution is -2.17. The van der Waals surface area contributed by atoms with Crippen molar-refractivity contribution in [1.29, 1.82) is 0 Å². The molecule has 80 valence electrons. The zero-order chi connectivity index (χ0) is 11.1. The molecule has 0 fully saturated rings. The van der Waals surface area contributed by atoms with Gasteiger partial charge in [0.2, 0.25) is 0 Å². The van der Waals surface area contributed by atoms with E-state index in [4.69, 9.17) is 0 Å². The number of hydrogen-bond donors (Lipinski definition) is 0. The van der Waals surface area contributed by atoms with Gasteiger partial charge < -0.3 is 18.9 Å². The molecule has 0 spiro atoms. The average molecular weight is 204 g/mol. The quantitative estimate of drug-likeness (QED) is 0.360. The summed E-state index contributed by atoms with van der Waals surface area (Å²) >= 11 is 0. The Hall–Kier alpha value is -1.72. The SMILES string of the molecule is COC(=O)/C(OC)=C(/OC)C(=O)OC. The zero-order valence-corrected chi connectivity index (χ0v) is 8.45. The van der Waals surface area contributed by atoms with E-state index in [9.17, 15) is 9.59 Å². The number of methoxy groups -OCH3 is 4. The first-order valence-electron chi connectivity index (χ1n) is 3.61. The van der Waals surface area contributed by atoms with Crippen LogP contribution in [-0.2, 0) is 28.5 Å². The molecule has 0 unspecified atom stereocenters. The van der Waals surface area contributed by atoms with Crippen molar-refractivity contribution in [1.82, 2.24) is 0 Å². The zero-order valence-electron chi connectivity index (χ0n) is 8.45. The van der Waals surface area contributed by atoms with Crippen LogP contribution in [-0.4, -0.2) is 40.4 Å². The molecule has 6 nitrogen and oxygen atoms in total. The van der Waals surface area contributed by atoms with Crippen LogP contribution in [0.5, 0.6) is 0 Å². The lowest BCUT2D eigenvalue weighted by molar-refractivity contribution is -0.145. The molecule has 0 aliphatic heterocycles. The maximum Gasteiger partial charge on any atom is 0.377 e. The molecule has 0 saturated carbocycles. The van der Waals surface area contributed by atoms with Crippen LogP contribution >= 0.6 is 0 Å². The molecule has 0 aromatic heterocycles. The van der Waals surface area contributed by atoms with Crippen molar-refractivity contribution in [3.05, 3.63) is 11.5 Å². The van der Waals surface area contributed by atoms with Crippen LogP contribution < -0.4 is 0 Å². The Morgan fingerprint density at radius 3 is 1.07 bits per heavy atom. The van der Waals surface area contributed by atoms with Crippen LogP contribution in [0, 0.1) is 0 Å². The molecular weight excluding hydrogens is 192 g/mol. The average Bonchev–Trinajstić information content (AvgIpc) is 2.23. The molecule has 0 aliphatic rings. The van der Waals surface area contributed by atoms with E-state index < -0.39 is 11.9 Å². The van der Waals surface area contributed by atoms with Gasteiger partial charge in [0.15, 0.2) is 0 Å². The summed E-state index contributed by atoms with van der Waals surface area (Å²) < 4.78 is 18.1. The first kappa shape index (κ1) is 12.3. The third kappa shape index (κ3) is 2.65. The number of esters is 2. The number of rotatable bonds is 4. The van der Waals surface area contributed by atoms with Crippen LogP contribution in [0.2, 0.25) is 0 Å². The first-order chi connectivity index (χ1) is 6.62. The van der Waals surface area contributed by atoms with E-state index in [0.29, 0.717) is 0 Å². The van der Waals surface area contributed by atoms with Crippen molar-refractivity contribution in [3.63, 3.8) is 0 Å². The second kappa shape index (κ2) is 5.85. The van der Waals surface area contributed by atoms with Gasteiger partial charge in [0.1, 0.15) is 0 Å². The summed E-state index contributed by atoms with van der Waals surface area (Å²) in [5.74, 6) is -2.28. The first-order valence-corrected chi connectivity index (χ1v) is 3.61. The molecule has 0 radical (unpaired) electrons. The van der Waals surface area contributed by atoms with Gasteiger partial charge in [-0.15, -0.1) is 0 Å². The van der Waals surface area contributed by atoms with E-state index in [0.717, 1.165) is 14.2 Å². The smallest absolute Gasteiger partial charge is 0.377 e. The number of carbonyl (C=O) groups is 2. The fourth-order valence-corrected chi connectivity index (χ4v) is 0.723. The van der Waals surface area contributed by atoms with Crippen molar-refractivity contribution < 1.29 is 28.5 Å². The summed E-state index contributed by atoms with van der Waals surface area (Å²) in [7, 11) is 4.75. The normalized spacial score (nSPS) is 11.1. The van der Waals surface area contributed by atoms with Crippen LogP contribution in [0.25, 0.3) is 0 Å². The largest absolute Gasteiger partial charge is 0.487 e. The molecule has 0 amide bonds. The van der Waals surface area contributed by atoms with Crippen LogP contribution in [0.4, 0.5) is 0 Å². The number of carbonyl (C=O) groups excluding carboxylic acids is 2. The van der Waals surface area contributed by atoms with Gasteiger partial charge in [-0.3, -0.25) is 0 Å². The second-order valence-electron chi connectivity index (χ2n) is 2.05. The molecule has 0 rings (SSSR count). The van der Waals surface area contributed by atoms with Gasteiger partial charge in [0, 0.05) is 0 Å². The molecule has 0 heterocycles.